The average molecular weight is 583 g/mol. The van der Waals surface area contributed by atoms with Crippen molar-refractivity contribution in [2.75, 3.05) is 19.8 Å². The number of hydrogen-bond acceptors (Lipinski definition) is 6. The Bertz CT molecular complexity index is 615. The van der Waals surface area contributed by atoms with Crippen molar-refractivity contribution in [3.8, 4) is 0 Å². The number of hydrogen-bond donors (Lipinski definition) is 2. The summed E-state index contributed by atoms with van der Waals surface area (Å²) in [6.45, 7) is 10.7. The Morgan fingerprint density at radius 3 is 1.66 bits per heavy atom. The van der Waals surface area contributed by atoms with Crippen molar-refractivity contribution in [2.24, 2.45) is 11.3 Å². The van der Waals surface area contributed by atoms with Crippen LogP contribution in [0.25, 0.3) is 0 Å². The fraction of sp³-hybridized carbons (Fsp3) is 1.00. The van der Waals surface area contributed by atoms with Crippen molar-refractivity contribution in [3.05, 3.63) is 0 Å². The van der Waals surface area contributed by atoms with Gasteiger partial charge in [0.1, 0.15) is 0 Å². The molecule has 4 unspecified atom stereocenters. The minimum absolute atomic E-state index is 0.135. The zero-order chi connectivity index (χ0) is 25.4. The third-order valence-corrected chi connectivity index (χ3v) is 27.1. The molecule has 3 nitrogen and oxygen atoms in total. The summed E-state index contributed by atoms with van der Waals surface area (Å²) in [5.74, 6) is 0.744. The van der Waals surface area contributed by atoms with Gasteiger partial charge in [-0.2, -0.15) is 0 Å². The van der Waals surface area contributed by atoms with E-state index in [1.54, 1.807) is 9.83 Å². The van der Waals surface area contributed by atoms with E-state index in [-0.39, 0.29) is 9.79 Å². The summed E-state index contributed by atoms with van der Waals surface area (Å²) in [7, 11) is -2.84. The van der Waals surface area contributed by atoms with Crippen molar-refractivity contribution in [3.63, 3.8) is 0 Å². The molecule has 0 amide bonds. The van der Waals surface area contributed by atoms with E-state index < -0.39 is 16.9 Å². The number of rotatable bonds is 11. The molecule has 0 heterocycles. The summed E-state index contributed by atoms with van der Waals surface area (Å²) in [5, 5.41) is 0.573. The van der Waals surface area contributed by atoms with Gasteiger partial charge < -0.3 is 13.3 Å². The smallest absolute Gasteiger partial charge is 0.373 e. The van der Waals surface area contributed by atoms with E-state index in [1.165, 1.54) is 96.3 Å². The van der Waals surface area contributed by atoms with Crippen molar-refractivity contribution in [1.82, 2.24) is 0 Å². The molecule has 3 rings (SSSR count). The van der Waals surface area contributed by atoms with E-state index >= 15 is 0 Å². The van der Waals surface area contributed by atoms with Gasteiger partial charge >= 0.3 is 8.80 Å². The highest BCUT2D eigenvalue weighted by Gasteiger charge is 2.80. The highest BCUT2D eigenvalue weighted by atomic mass is 33.7. The van der Waals surface area contributed by atoms with E-state index in [1.807, 2.05) is 0 Å². The first-order valence-electron chi connectivity index (χ1n) is 14.7. The molecule has 35 heavy (non-hydrogen) atoms. The molecule has 0 aromatic rings. The molecule has 3 fully saturated rings. The van der Waals surface area contributed by atoms with Gasteiger partial charge in [-0.1, -0.05) is 64.7 Å². The van der Waals surface area contributed by atoms with Gasteiger partial charge in [0.05, 0.1) is 4.37 Å². The molecule has 3 aliphatic rings. The van der Waals surface area contributed by atoms with Gasteiger partial charge in [-0.25, -0.2) is 0 Å². The van der Waals surface area contributed by atoms with E-state index in [0.29, 0.717) is 25.1 Å². The van der Waals surface area contributed by atoms with Crippen LogP contribution in [0.15, 0.2) is 0 Å². The molecule has 3 saturated carbocycles. The van der Waals surface area contributed by atoms with Crippen LogP contribution in [-0.4, -0.2) is 38.2 Å². The van der Waals surface area contributed by atoms with Crippen LogP contribution in [0.2, 0.25) is 0 Å². The molecule has 4 atom stereocenters. The standard InChI is InChI=1S/C27H54O3S4Si/c1-5-26-21-20-24(22-26)23-27(26,35(28-6-2,29-7-3)30-8-4)34(32,33-31)25-18-16-14-12-10-9-11-13-15-17-19-25/h24-25,31-32H,5-23H2,1-4H3. The molecule has 0 spiro atoms. The molecule has 0 aromatic heterocycles. The molecule has 2 bridgehead atoms. The summed E-state index contributed by atoms with van der Waals surface area (Å²) < 4.78 is 20.5. The van der Waals surface area contributed by atoms with Gasteiger partial charge in [0.15, 0.2) is 0 Å². The Hall–Kier alpha value is 1.50. The lowest BCUT2D eigenvalue weighted by Crippen LogP contribution is -2.72. The predicted octanol–water partition coefficient (Wildman–Crippen LogP) is 9.73. The molecule has 0 aliphatic heterocycles. The zero-order valence-electron chi connectivity index (χ0n) is 23.0. The lowest BCUT2D eigenvalue weighted by molar-refractivity contribution is 0.0345. The van der Waals surface area contributed by atoms with Gasteiger partial charge in [0.25, 0.3) is 0 Å². The first-order valence-corrected chi connectivity index (χ1v) is 21.6. The average Bonchev–Trinajstić information content (AvgIpc) is 3.42. The zero-order valence-corrected chi connectivity index (χ0v) is 27.4. The second-order valence-corrected chi connectivity index (χ2v) is 22.8. The van der Waals surface area contributed by atoms with Crippen LogP contribution in [0.5, 0.6) is 0 Å². The SMILES string of the molecule is CCO[Si](OCC)(OCC)C1(S(S)(SS)C2CCCCCCCCCCC2)CC2CCC1(CC)C2. The fourth-order valence-electron chi connectivity index (χ4n) is 7.97. The molecular weight excluding hydrogens is 529 g/mol. The maximum atomic E-state index is 6.87. The molecule has 3 aliphatic carbocycles. The van der Waals surface area contributed by atoms with Crippen molar-refractivity contribution < 1.29 is 13.3 Å². The normalized spacial score (nSPS) is 34.2. The van der Waals surface area contributed by atoms with Crippen LogP contribution in [-0.2, 0) is 13.3 Å². The third-order valence-electron chi connectivity index (χ3n) is 9.43. The predicted molar refractivity (Wildman–Crippen MR) is 166 cm³/mol. The van der Waals surface area contributed by atoms with Crippen LogP contribution in [0, 0.1) is 11.3 Å². The highest BCUT2D eigenvalue weighted by Crippen LogP contribution is 2.88. The van der Waals surface area contributed by atoms with Crippen LogP contribution >= 0.6 is 41.2 Å². The lowest BCUT2D eigenvalue weighted by Gasteiger charge is -2.64. The third kappa shape index (κ3) is 5.85. The van der Waals surface area contributed by atoms with Crippen LogP contribution in [0.1, 0.15) is 130 Å². The van der Waals surface area contributed by atoms with Gasteiger partial charge in [-0.05, 0) is 86.9 Å². The van der Waals surface area contributed by atoms with Crippen molar-refractivity contribution in [1.29, 1.82) is 0 Å². The van der Waals surface area contributed by atoms with Crippen molar-refractivity contribution >= 4 is 50.0 Å². The van der Waals surface area contributed by atoms with E-state index in [2.05, 4.69) is 27.7 Å². The van der Waals surface area contributed by atoms with E-state index in [9.17, 15) is 0 Å². The maximum absolute atomic E-state index is 6.87. The summed E-state index contributed by atoms with van der Waals surface area (Å²) in [5.41, 5.74) is 0.194. The summed E-state index contributed by atoms with van der Waals surface area (Å²) in [6.07, 6.45) is 21.1. The first-order chi connectivity index (χ1) is 16.9. The Balaban J connectivity index is 2.14. The van der Waals surface area contributed by atoms with Gasteiger partial charge in [-0.15, -0.1) is 31.4 Å². The molecule has 0 radical (unpaired) electrons. The quantitative estimate of drug-likeness (QED) is 0.144. The second-order valence-electron chi connectivity index (χ2n) is 11.2. The van der Waals surface area contributed by atoms with Crippen LogP contribution in [0.4, 0.5) is 0 Å². The molecule has 208 valence electrons. The summed E-state index contributed by atoms with van der Waals surface area (Å²) >= 11 is 11.0. The van der Waals surface area contributed by atoms with E-state index in [4.69, 9.17) is 36.6 Å². The Labute approximate surface area is 233 Å². The minimum Gasteiger partial charge on any atom is -0.373 e. The number of thiol groups is 2. The minimum atomic E-state index is -3.08. The second kappa shape index (κ2) is 14.2. The van der Waals surface area contributed by atoms with Crippen LogP contribution in [0.3, 0.4) is 0 Å². The van der Waals surface area contributed by atoms with Gasteiger partial charge in [-0.3, -0.25) is 0 Å². The molecule has 0 saturated heterocycles. The molecule has 0 aromatic carbocycles. The van der Waals surface area contributed by atoms with E-state index in [0.717, 1.165) is 12.3 Å². The largest absolute Gasteiger partial charge is 0.518 e. The summed E-state index contributed by atoms with van der Waals surface area (Å²) in [4.78, 5) is 0. The topological polar surface area (TPSA) is 27.7 Å². The summed E-state index contributed by atoms with van der Waals surface area (Å²) in [6, 6.07) is 0. The molecule has 0 N–H and O–H groups in total. The van der Waals surface area contributed by atoms with Crippen LogP contribution < -0.4 is 0 Å². The fourth-order valence-corrected chi connectivity index (χ4v) is 26.0. The number of fused-ring (bicyclic) bond motifs is 2. The maximum Gasteiger partial charge on any atom is 0.518 e. The molecular formula is C27H54O3S4Si. The molecule has 8 heteroatoms. The Kier molecular flexibility index (Phi) is 12.6. The lowest BCUT2D eigenvalue weighted by atomic mass is 9.80. The monoisotopic (exact) mass is 582 g/mol. The van der Waals surface area contributed by atoms with Gasteiger partial charge in [0.2, 0.25) is 0 Å². The Morgan fingerprint density at radius 2 is 1.26 bits per heavy atom. The highest BCUT2D eigenvalue weighted by molar-refractivity contribution is 9.34. The Morgan fingerprint density at radius 1 is 0.771 bits per heavy atom. The van der Waals surface area contributed by atoms with Crippen molar-refractivity contribution in [2.45, 2.75) is 140 Å². The first kappa shape index (κ1) is 31.0. The van der Waals surface area contributed by atoms with Gasteiger partial charge in [0, 0.05) is 25.1 Å².